The number of hydrogen-bond donors (Lipinski definition) is 2. The molecular weight excluding hydrogens is 444 g/mol. The Morgan fingerprint density at radius 3 is 2.71 bits per heavy atom. The second kappa shape index (κ2) is 11.1. The molecule has 35 heavy (non-hydrogen) atoms. The average Bonchev–Trinajstić information content (AvgIpc) is 2.84. The molecule has 1 fully saturated rings. The molecule has 2 heterocycles. The molecule has 3 aromatic rings. The zero-order chi connectivity index (χ0) is 24.8. The minimum Gasteiger partial charge on any atom is -0.492 e. The predicted molar refractivity (Wildman–Crippen MR) is 136 cm³/mol. The maximum atomic E-state index is 12.5. The van der Waals surface area contributed by atoms with Crippen LogP contribution in [-0.4, -0.2) is 47.8 Å². The Kier molecular flexibility index (Phi) is 7.88. The zero-order valence-electron chi connectivity index (χ0n) is 20.3. The van der Waals surface area contributed by atoms with Gasteiger partial charge < -0.3 is 20.0 Å². The van der Waals surface area contributed by atoms with Crippen molar-refractivity contribution in [2.24, 2.45) is 5.73 Å². The maximum absolute atomic E-state index is 12.5. The summed E-state index contributed by atoms with van der Waals surface area (Å²) in [5.41, 5.74) is 5.71. The third-order valence-corrected chi connectivity index (χ3v) is 6.76. The molecule has 1 atom stereocenters. The number of likely N-dealkylation sites (tertiary alicyclic amines) is 1. The zero-order valence-corrected chi connectivity index (χ0v) is 20.3. The smallest absolute Gasteiger partial charge is 0.339 e. The van der Waals surface area contributed by atoms with Crippen LogP contribution in [0, 0.1) is 6.92 Å². The molecule has 4 rings (SSSR count). The second-order valence-electron chi connectivity index (χ2n) is 9.57. The number of primary amides is 1. The van der Waals surface area contributed by atoms with Crippen LogP contribution in [0.25, 0.3) is 11.0 Å². The van der Waals surface area contributed by atoms with Crippen LogP contribution >= 0.6 is 0 Å². The second-order valence-corrected chi connectivity index (χ2v) is 9.57. The van der Waals surface area contributed by atoms with Crippen LogP contribution in [0.3, 0.4) is 0 Å². The SMILES string of the molecule is Cc1ccc2cc(CC(O)(CCc3cccc(OCCN4CCCCC4)c3)C(N)=O)c(=O)oc2c1. The molecule has 1 saturated heterocycles. The molecule has 1 aliphatic heterocycles. The fraction of sp³-hybridized carbons (Fsp3) is 0.429. The van der Waals surface area contributed by atoms with Crippen molar-refractivity contribution in [1.82, 2.24) is 4.90 Å². The fourth-order valence-corrected chi connectivity index (χ4v) is 4.62. The third-order valence-electron chi connectivity index (χ3n) is 6.76. The number of fused-ring (bicyclic) bond motifs is 1. The standard InChI is InChI=1S/C28H34N2O5/c1-20-8-9-22-18-23(26(31)35-25(22)16-20)19-28(33,27(29)32)11-10-21-6-5-7-24(17-21)34-15-14-30-12-3-2-4-13-30/h5-9,16-18,33H,2-4,10-15,19H2,1H3,(H2,29,32). The van der Waals surface area contributed by atoms with E-state index >= 15 is 0 Å². The number of carbonyl (C=O) groups excluding carboxylic acids is 1. The van der Waals surface area contributed by atoms with Gasteiger partial charge in [-0.25, -0.2) is 4.79 Å². The van der Waals surface area contributed by atoms with Crippen molar-refractivity contribution >= 4 is 16.9 Å². The van der Waals surface area contributed by atoms with Crippen molar-refractivity contribution in [3.63, 3.8) is 0 Å². The summed E-state index contributed by atoms with van der Waals surface area (Å²) >= 11 is 0. The van der Waals surface area contributed by atoms with Crippen molar-refractivity contribution in [2.75, 3.05) is 26.2 Å². The monoisotopic (exact) mass is 478 g/mol. The van der Waals surface area contributed by atoms with Gasteiger partial charge in [0.2, 0.25) is 5.91 Å². The molecule has 0 bridgehead atoms. The first kappa shape index (κ1) is 24.9. The van der Waals surface area contributed by atoms with Gasteiger partial charge in [0.15, 0.2) is 0 Å². The van der Waals surface area contributed by atoms with Gasteiger partial charge in [0.25, 0.3) is 0 Å². The Morgan fingerprint density at radius 2 is 1.94 bits per heavy atom. The number of nitrogens with zero attached hydrogens (tertiary/aromatic N) is 1. The molecule has 7 nitrogen and oxygen atoms in total. The topological polar surface area (TPSA) is 106 Å². The largest absolute Gasteiger partial charge is 0.492 e. The average molecular weight is 479 g/mol. The van der Waals surface area contributed by atoms with Crippen molar-refractivity contribution in [3.05, 3.63) is 75.6 Å². The number of aryl methyl sites for hydroxylation is 2. The van der Waals surface area contributed by atoms with Gasteiger partial charge in [0, 0.05) is 23.9 Å². The molecule has 3 N–H and O–H groups in total. The highest BCUT2D eigenvalue weighted by Gasteiger charge is 2.35. The van der Waals surface area contributed by atoms with Crippen LogP contribution in [0.15, 0.2) is 57.7 Å². The number of carbonyl (C=O) groups is 1. The van der Waals surface area contributed by atoms with Crippen LogP contribution < -0.4 is 16.1 Å². The van der Waals surface area contributed by atoms with E-state index in [-0.39, 0.29) is 18.4 Å². The van der Waals surface area contributed by atoms with Crippen LogP contribution in [-0.2, 0) is 17.6 Å². The molecule has 1 aliphatic rings. The number of aliphatic hydroxyl groups is 1. The van der Waals surface area contributed by atoms with E-state index in [9.17, 15) is 14.7 Å². The van der Waals surface area contributed by atoms with Crippen molar-refractivity contribution in [3.8, 4) is 5.75 Å². The van der Waals surface area contributed by atoms with Gasteiger partial charge in [0.05, 0.1) is 0 Å². The number of hydrogen-bond acceptors (Lipinski definition) is 6. The molecule has 1 aromatic heterocycles. The molecular formula is C28H34N2O5. The van der Waals surface area contributed by atoms with Gasteiger partial charge in [0.1, 0.15) is 23.5 Å². The quantitative estimate of drug-likeness (QED) is 0.433. The summed E-state index contributed by atoms with van der Waals surface area (Å²) in [5.74, 6) is -0.109. The molecule has 0 spiro atoms. The van der Waals surface area contributed by atoms with Gasteiger partial charge in [-0.3, -0.25) is 9.69 Å². The van der Waals surface area contributed by atoms with Crippen molar-refractivity contribution in [1.29, 1.82) is 0 Å². The first-order chi connectivity index (χ1) is 16.8. The Labute approximate surface area is 205 Å². The summed E-state index contributed by atoms with van der Waals surface area (Å²) in [4.78, 5) is 27.2. The van der Waals surface area contributed by atoms with E-state index in [2.05, 4.69) is 4.90 Å². The van der Waals surface area contributed by atoms with Crippen LogP contribution in [0.4, 0.5) is 0 Å². The summed E-state index contributed by atoms with van der Waals surface area (Å²) in [6.45, 7) is 5.69. The first-order valence-electron chi connectivity index (χ1n) is 12.3. The van der Waals surface area contributed by atoms with Gasteiger partial charge in [-0.2, -0.15) is 0 Å². The van der Waals surface area contributed by atoms with Crippen LogP contribution in [0.5, 0.6) is 5.75 Å². The van der Waals surface area contributed by atoms with E-state index < -0.39 is 17.1 Å². The van der Waals surface area contributed by atoms with Gasteiger partial charge in [-0.1, -0.05) is 30.7 Å². The summed E-state index contributed by atoms with van der Waals surface area (Å²) in [7, 11) is 0. The lowest BCUT2D eigenvalue weighted by Crippen LogP contribution is -2.47. The molecule has 7 heteroatoms. The number of amides is 1. The minimum absolute atomic E-state index is 0.0743. The van der Waals surface area contributed by atoms with E-state index in [0.717, 1.165) is 41.9 Å². The van der Waals surface area contributed by atoms with Gasteiger partial charge >= 0.3 is 5.63 Å². The Bertz CT molecular complexity index is 1230. The highest BCUT2D eigenvalue weighted by atomic mass is 16.5. The number of piperidine rings is 1. The van der Waals surface area contributed by atoms with E-state index in [4.69, 9.17) is 14.9 Å². The summed E-state index contributed by atoms with van der Waals surface area (Å²) in [6.07, 6.45) is 4.08. The number of benzene rings is 2. The molecule has 1 unspecified atom stereocenters. The van der Waals surface area contributed by atoms with E-state index in [1.165, 1.54) is 19.3 Å². The van der Waals surface area contributed by atoms with Crippen molar-refractivity contribution in [2.45, 2.75) is 51.0 Å². The van der Waals surface area contributed by atoms with E-state index in [1.807, 2.05) is 43.3 Å². The normalized spacial score (nSPS) is 16.2. The lowest BCUT2D eigenvalue weighted by atomic mass is 9.88. The maximum Gasteiger partial charge on any atom is 0.339 e. The highest BCUT2D eigenvalue weighted by Crippen LogP contribution is 2.23. The number of rotatable bonds is 10. The van der Waals surface area contributed by atoms with Crippen LogP contribution in [0.2, 0.25) is 0 Å². The Balaban J connectivity index is 1.40. The van der Waals surface area contributed by atoms with Gasteiger partial charge in [-0.05, 0) is 81.1 Å². The number of ether oxygens (including phenoxy) is 1. The third kappa shape index (κ3) is 6.50. The van der Waals surface area contributed by atoms with Crippen LogP contribution in [0.1, 0.15) is 42.4 Å². The predicted octanol–water partition coefficient (Wildman–Crippen LogP) is 3.36. The summed E-state index contributed by atoms with van der Waals surface area (Å²) < 4.78 is 11.4. The van der Waals surface area contributed by atoms with Crippen molar-refractivity contribution < 1.29 is 19.1 Å². The fourth-order valence-electron chi connectivity index (χ4n) is 4.62. The molecule has 186 valence electrons. The molecule has 0 radical (unpaired) electrons. The van der Waals surface area contributed by atoms with Gasteiger partial charge in [-0.15, -0.1) is 0 Å². The van der Waals surface area contributed by atoms with E-state index in [0.29, 0.717) is 18.6 Å². The lowest BCUT2D eigenvalue weighted by molar-refractivity contribution is -0.136. The Hall–Kier alpha value is -3.16. The van der Waals surface area contributed by atoms with E-state index in [1.54, 1.807) is 12.1 Å². The molecule has 0 saturated carbocycles. The molecule has 0 aliphatic carbocycles. The lowest BCUT2D eigenvalue weighted by Gasteiger charge is -2.26. The highest BCUT2D eigenvalue weighted by molar-refractivity contribution is 5.84. The molecule has 1 amide bonds. The minimum atomic E-state index is -1.88. The number of nitrogens with two attached hydrogens (primary N) is 1. The Morgan fingerprint density at radius 1 is 1.14 bits per heavy atom. The summed E-state index contributed by atoms with van der Waals surface area (Å²) in [5, 5.41) is 11.8. The summed E-state index contributed by atoms with van der Waals surface area (Å²) in [6, 6.07) is 14.8. The first-order valence-corrected chi connectivity index (χ1v) is 12.3. The molecule has 2 aromatic carbocycles.